The van der Waals surface area contributed by atoms with Crippen LogP contribution < -0.4 is 5.32 Å². The van der Waals surface area contributed by atoms with Gasteiger partial charge >= 0.3 is 0 Å². The van der Waals surface area contributed by atoms with Gasteiger partial charge in [-0.2, -0.15) is 5.26 Å². The second-order valence-corrected chi connectivity index (χ2v) is 4.37. The second-order valence-electron chi connectivity index (χ2n) is 4.37. The van der Waals surface area contributed by atoms with Crippen LogP contribution in [0.1, 0.15) is 18.9 Å². The molecular weight excluding hydrogens is 226 g/mol. The molecule has 1 heterocycles. The number of carbonyl (C=O) groups excluding carboxylic acids is 1. The lowest BCUT2D eigenvalue weighted by molar-refractivity contribution is -0.120. The van der Waals surface area contributed by atoms with Crippen LogP contribution in [0.5, 0.6) is 0 Å². The van der Waals surface area contributed by atoms with E-state index in [4.69, 9.17) is 5.26 Å². The van der Waals surface area contributed by atoms with Crippen molar-refractivity contribution in [3.05, 3.63) is 36.0 Å². The van der Waals surface area contributed by atoms with Gasteiger partial charge in [0.1, 0.15) is 0 Å². The summed E-state index contributed by atoms with van der Waals surface area (Å²) in [5.41, 5.74) is 2.01. The number of aromatic amines is 1. The van der Waals surface area contributed by atoms with E-state index in [9.17, 15) is 4.79 Å². The first-order valence-corrected chi connectivity index (χ1v) is 5.92. The number of aromatic nitrogens is 1. The van der Waals surface area contributed by atoms with Gasteiger partial charge in [0.05, 0.1) is 18.9 Å². The number of para-hydroxylation sites is 1. The Morgan fingerprint density at radius 2 is 2.28 bits per heavy atom. The molecule has 0 spiro atoms. The number of rotatable bonds is 4. The standard InChI is InChI=1S/C14H15N3O/c1-10(6-7-15)17-14(18)8-11-9-16-13-5-3-2-4-12(11)13/h2-5,9-10,16H,6,8H2,1H3,(H,17,18). The average Bonchev–Trinajstić information content (AvgIpc) is 2.73. The van der Waals surface area contributed by atoms with Crippen molar-refractivity contribution in [2.24, 2.45) is 0 Å². The van der Waals surface area contributed by atoms with Gasteiger partial charge in [-0.25, -0.2) is 0 Å². The van der Waals surface area contributed by atoms with Crippen molar-refractivity contribution < 1.29 is 4.79 Å². The number of nitriles is 1. The van der Waals surface area contributed by atoms with Crippen molar-refractivity contribution in [2.75, 3.05) is 0 Å². The van der Waals surface area contributed by atoms with Crippen molar-refractivity contribution in [3.63, 3.8) is 0 Å². The van der Waals surface area contributed by atoms with Crippen LogP contribution in [-0.2, 0) is 11.2 Å². The van der Waals surface area contributed by atoms with Crippen molar-refractivity contribution in [1.82, 2.24) is 10.3 Å². The second kappa shape index (κ2) is 5.37. The van der Waals surface area contributed by atoms with Gasteiger partial charge in [0.15, 0.2) is 0 Å². The number of benzene rings is 1. The van der Waals surface area contributed by atoms with Gasteiger partial charge in [-0.1, -0.05) is 18.2 Å². The number of hydrogen-bond acceptors (Lipinski definition) is 2. The summed E-state index contributed by atoms with van der Waals surface area (Å²) in [7, 11) is 0. The number of carbonyl (C=O) groups is 1. The molecule has 0 aliphatic heterocycles. The number of fused-ring (bicyclic) bond motifs is 1. The molecule has 0 saturated heterocycles. The Bertz CT molecular complexity index is 594. The van der Waals surface area contributed by atoms with Crippen LogP contribution in [0.15, 0.2) is 30.5 Å². The highest BCUT2D eigenvalue weighted by atomic mass is 16.1. The van der Waals surface area contributed by atoms with Crippen LogP contribution in [-0.4, -0.2) is 16.9 Å². The summed E-state index contributed by atoms with van der Waals surface area (Å²) in [5, 5.41) is 12.4. The first kappa shape index (κ1) is 12.2. The largest absolute Gasteiger partial charge is 0.361 e. The first-order chi connectivity index (χ1) is 8.70. The summed E-state index contributed by atoms with van der Waals surface area (Å²) < 4.78 is 0. The molecule has 1 unspecified atom stereocenters. The maximum absolute atomic E-state index is 11.8. The van der Waals surface area contributed by atoms with Crippen molar-refractivity contribution >= 4 is 16.8 Å². The fraction of sp³-hybridized carbons (Fsp3) is 0.286. The molecule has 1 atom stereocenters. The molecule has 2 aromatic rings. The molecule has 0 aliphatic rings. The van der Waals surface area contributed by atoms with Gasteiger partial charge in [-0.05, 0) is 18.6 Å². The van der Waals surface area contributed by atoms with E-state index in [1.54, 1.807) is 0 Å². The van der Waals surface area contributed by atoms with Gasteiger partial charge in [-0.15, -0.1) is 0 Å². The highest BCUT2D eigenvalue weighted by Crippen LogP contribution is 2.17. The quantitative estimate of drug-likeness (QED) is 0.861. The van der Waals surface area contributed by atoms with Crippen LogP contribution in [0.2, 0.25) is 0 Å². The Labute approximate surface area is 106 Å². The van der Waals surface area contributed by atoms with Crippen molar-refractivity contribution in [2.45, 2.75) is 25.8 Å². The van der Waals surface area contributed by atoms with Gasteiger partial charge in [-0.3, -0.25) is 4.79 Å². The summed E-state index contributed by atoms with van der Waals surface area (Å²) in [6, 6.07) is 9.82. The van der Waals surface area contributed by atoms with Crippen LogP contribution in [0.25, 0.3) is 10.9 Å². The van der Waals surface area contributed by atoms with E-state index in [0.717, 1.165) is 16.5 Å². The number of hydrogen-bond donors (Lipinski definition) is 2. The van der Waals surface area contributed by atoms with E-state index in [0.29, 0.717) is 12.8 Å². The van der Waals surface area contributed by atoms with Gasteiger partial charge in [0.2, 0.25) is 5.91 Å². The third-order valence-corrected chi connectivity index (χ3v) is 2.83. The predicted molar refractivity (Wildman–Crippen MR) is 69.8 cm³/mol. The molecule has 1 aromatic carbocycles. The normalized spacial score (nSPS) is 12.0. The summed E-state index contributed by atoms with van der Waals surface area (Å²) in [6.07, 6.45) is 2.53. The zero-order chi connectivity index (χ0) is 13.0. The number of nitrogens with one attached hydrogen (secondary N) is 2. The van der Waals surface area contributed by atoms with Crippen LogP contribution in [0.3, 0.4) is 0 Å². The van der Waals surface area contributed by atoms with E-state index in [1.807, 2.05) is 43.5 Å². The maximum Gasteiger partial charge on any atom is 0.224 e. The molecule has 4 nitrogen and oxygen atoms in total. The molecule has 0 aliphatic carbocycles. The zero-order valence-electron chi connectivity index (χ0n) is 10.2. The van der Waals surface area contributed by atoms with E-state index >= 15 is 0 Å². The minimum atomic E-state index is -0.104. The van der Waals surface area contributed by atoms with Crippen LogP contribution in [0.4, 0.5) is 0 Å². The molecule has 0 bridgehead atoms. The van der Waals surface area contributed by atoms with Crippen LogP contribution >= 0.6 is 0 Å². The predicted octanol–water partition coefficient (Wildman–Crippen LogP) is 2.13. The monoisotopic (exact) mass is 241 g/mol. The highest BCUT2D eigenvalue weighted by molar-refractivity contribution is 5.88. The first-order valence-electron chi connectivity index (χ1n) is 5.92. The topological polar surface area (TPSA) is 68.7 Å². The van der Waals surface area contributed by atoms with E-state index in [2.05, 4.69) is 10.3 Å². The molecule has 1 amide bonds. The van der Waals surface area contributed by atoms with Gasteiger partial charge < -0.3 is 10.3 Å². The molecule has 0 radical (unpaired) electrons. The van der Waals surface area contributed by atoms with E-state index in [1.165, 1.54) is 0 Å². The minimum absolute atomic E-state index is 0.0532. The zero-order valence-corrected chi connectivity index (χ0v) is 10.2. The lowest BCUT2D eigenvalue weighted by Gasteiger charge is -2.09. The van der Waals surface area contributed by atoms with Crippen molar-refractivity contribution in [3.8, 4) is 6.07 Å². The molecule has 18 heavy (non-hydrogen) atoms. The van der Waals surface area contributed by atoms with Gasteiger partial charge in [0, 0.05) is 23.1 Å². The smallest absolute Gasteiger partial charge is 0.224 e. The summed E-state index contributed by atoms with van der Waals surface area (Å²) in [4.78, 5) is 14.9. The Balaban J connectivity index is 2.06. The fourth-order valence-electron chi connectivity index (χ4n) is 1.96. The van der Waals surface area contributed by atoms with E-state index in [-0.39, 0.29) is 11.9 Å². The molecule has 2 N–H and O–H groups in total. The molecule has 0 saturated carbocycles. The molecule has 92 valence electrons. The molecule has 0 fully saturated rings. The Morgan fingerprint density at radius 1 is 1.50 bits per heavy atom. The number of H-pyrrole nitrogens is 1. The minimum Gasteiger partial charge on any atom is -0.361 e. The lowest BCUT2D eigenvalue weighted by atomic mass is 10.1. The number of nitrogens with zero attached hydrogens (tertiary/aromatic N) is 1. The van der Waals surface area contributed by atoms with E-state index < -0.39 is 0 Å². The Morgan fingerprint density at radius 3 is 3.06 bits per heavy atom. The van der Waals surface area contributed by atoms with Crippen LogP contribution in [0, 0.1) is 11.3 Å². The fourth-order valence-corrected chi connectivity index (χ4v) is 1.96. The molecule has 2 rings (SSSR count). The lowest BCUT2D eigenvalue weighted by Crippen LogP contribution is -2.33. The summed E-state index contributed by atoms with van der Waals surface area (Å²) >= 11 is 0. The molecular formula is C14H15N3O. The summed E-state index contributed by atoms with van der Waals surface area (Å²) in [5.74, 6) is -0.0532. The maximum atomic E-state index is 11.8. The van der Waals surface area contributed by atoms with Gasteiger partial charge in [0.25, 0.3) is 0 Å². The highest BCUT2D eigenvalue weighted by Gasteiger charge is 2.10. The van der Waals surface area contributed by atoms with Crippen molar-refractivity contribution in [1.29, 1.82) is 5.26 Å². The molecule has 4 heteroatoms. The third-order valence-electron chi connectivity index (χ3n) is 2.83. The third kappa shape index (κ3) is 2.69. The Kier molecular flexibility index (Phi) is 3.63. The molecule has 1 aromatic heterocycles. The Hall–Kier alpha value is -2.28. The summed E-state index contributed by atoms with van der Waals surface area (Å²) in [6.45, 7) is 1.83. The number of amides is 1. The SMILES string of the molecule is CC(CC#N)NC(=O)Cc1c[nH]c2ccccc12. The average molecular weight is 241 g/mol.